The second-order valence-electron chi connectivity index (χ2n) is 4.83. The van der Waals surface area contributed by atoms with Crippen molar-refractivity contribution in [3.05, 3.63) is 27.3 Å². The number of carbonyl (C=O) groups excluding carboxylic acids is 1. The summed E-state index contributed by atoms with van der Waals surface area (Å²) >= 11 is 0.112. The van der Waals surface area contributed by atoms with Crippen LogP contribution in [-0.4, -0.2) is 41.4 Å². The number of rotatable bonds is 6. The Bertz CT molecular complexity index is 1610. The summed E-state index contributed by atoms with van der Waals surface area (Å²) in [4.78, 5) is 25.8. The first-order valence-corrected chi connectivity index (χ1v) is 7.91. The Morgan fingerprint density at radius 3 is 3.00 bits per heavy atom. The molecule has 8 heteroatoms. The molecule has 1 amide bonds. The summed E-state index contributed by atoms with van der Waals surface area (Å²) in [6.07, 6.45) is -12.4. The van der Waals surface area contributed by atoms with E-state index in [-0.39, 0.29) is 77.5 Å². The van der Waals surface area contributed by atoms with Gasteiger partial charge in [0.05, 0.1) is 9.68 Å². The summed E-state index contributed by atoms with van der Waals surface area (Å²) in [6.45, 7) is -18.6. The molecule has 0 bridgehead atoms. The number of nitrogens with one attached hydrogen (secondary N) is 1. The van der Waals surface area contributed by atoms with Gasteiger partial charge >= 0.3 is 51.4 Å². The van der Waals surface area contributed by atoms with Crippen LogP contribution in [-0.2, 0) is 0 Å². The van der Waals surface area contributed by atoms with Crippen molar-refractivity contribution in [1.29, 1.82) is 0 Å². The molecular formula is C19H26KN3O3S. The molecule has 1 saturated heterocycles. The molecule has 1 atom stereocenters. The van der Waals surface area contributed by atoms with E-state index in [0.717, 1.165) is 0 Å². The molecule has 6 nitrogen and oxygen atoms in total. The molecule has 0 saturated carbocycles. The summed E-state index contributed by atoms with van der Waals surface area (Å²) in [7, 11) is 0. The van der Waals surface area contributed by atoms with Gasteiger partial charge in [-0.3, -0.25) is 14.2 Å². The minimum Gasteiger partial charge on any atom is -0.871 e. The molecule has 1 unspecified atom stereocenters. The predicted molar refractivity (Wildman–Crippen MR) is 103 cm³/mol. The van der Waals surface area contributed by atoms with Gasteiger partial charge in [-0.1, -0.05) is 12.1 Å². The maximum absolute atomic E-state index is 13.6. The van der Waals surface area contributed by atoms with Gasteiger partial charge in [-0.15, -0.1) is 11.3 Å². The molecule has 0 radical (unpaired) electrons. The second kappa shape index (κ2) is 10.5. The second-order valence-corrected chi connectivity index (χ2v) is 5.62. The van der Waals surface area contributed by atoms with Crippen molar-refractivity contribution >= 4 is 27.5 Å². The van der Waals surface area contributed by atoms with Gasteiger partial charge in [0, 0.05) is 41.3 Å². The predicted octanol–water partition coefficient (Wildman–Crippen LogP) is -0.673. The number of fused-ring (bicyclic) bond motifs is 1. The zero-order chi connectivity index (χ0) is 37.0. The third-order valence-electron chi connectivity index (χ3n) is 3.22. The minimum absolute atomic E-state index is 0. The standard InChI is InChI=1S/C19H27N3O3S.K/c1-13(2)22-18(25)15(16(23)14-7-12-26-19(14)22)17(24)20-8-6-11-21-9-4-3-5-10-21;/h7,12-13,23H,3-6,8-11H2,1-2H3,(H,20,24);/q;+1/p-1/i1D3,2D3,3D2,4D2,5D2,7D,9D2,10D2,11D,12D,13D;/hD. The zero-order valence-corrected chi connectivity index (χ0v) is 17.9. The van der Waals surface area contributed by atoms with Gasteiger partial charge in [0.2, 0.25) is 0 Å². The number of hydrogen-bond donors (Lipinski definition) is 1. The Labute approximate surface area is 235 Å². The molecule has 1 aliphatic rings. The first kappa shape index (κ1) is 7.48. The Balaban J connectivity index is 0.00000800. The number of piperidine rings is 1. The van der Waals surface area contributed by atoms with E-state index in [1.165, 1.54) is 0 Å². The van der Waals surface area contributed by atoms with Crippen LogP contribution < -0.4 is 67.4 Å². The third-order valence-corrected chi connectivity index (χ3v) is 4.01. The van der Waals surface area contributed by atoms with Gasteiger partial charge < -0.3 is 15.3 Å². The number of nitrogens with zero attached hydrogens (tertiary/aromatic N) is 2. The smallest absolute Gasteiger partial charge is 0.871 e. The van der Waals surface area contributed by atoms with Crippen molar-refractivity contribution in [3.63, 3.8) is 0 Å². The van der Waals surface area contributed by atoms with Crippen LogP contribution in [0.1, 0.15) is 83.0 Å². The fourth-order valence-electron chi connectivity index (χ4n) is 2.12. The first-order valence-electron chi connectivity index (χ1n) is 17.6. The van der Waals surface area contributed by atoms with E-state index in [1.54, 1.807) is 0 Å². The van der Waals surface area contributed by atoms with E-state index in [0.29, 0.717) is 0 Å². The molecule has 1 fully saturated rings. The molecular weight excluding hydrogens is 389 g/mol. The maximum atomic E-state index is 13.6. The Morgan fingerprint density at radius 1 is 1.56 bits per heavy atom. The van der Waals surface area contributed by atoms with E-state index >= 15 is 0 Å². The molecule has 0 aromatic carbocycles. The van der Waals surface area contributed by atoms with Crippen molar-refractivity contribution in [3.8, 4) is 5.75 Å². The fraction of sp³-hybridized carbons (Fsp3) is 0.579. The van der Waals surface area contributed by atoms with Crippen LogP contribution in [0.3, 0.4) is 0 Å². The quantitative estimate of drug-likeness (QED) is 0.609. The number of pyridine rings is 1. The van der Waals surface area contributed by atoms with Crippen molar-refractivity contribution in [2.24, 2.45) is 0 Å². The van der Waals surface area contributed by atoms with E-state index < -0.39 is 116 Å². The molecule has 3 heterocycles. The molecule has 3 rings (SSSR count). The SMILES string of the molecule is [2H]c1sc2c(c1[2H])c([O-])c(C(=O)N([2H])CCC([2H])N1C([2H])([2H])C([2H])([2H])C([2H])([2H])C([2H])([2H])C1([2H])[2H])c(=O)n2C([2H])(C([2H])([2H])[2H])C([2H])([2H])[2H].[K+]. The van der Waals surface area contributed by atoms with Gasteiger partial charge in [-0.2, -0.15) is 0 Å². The van der Waals surface area contributed by atoms with Crippen LogP contribution in [0.4, 0.5) is 0 Å². The van der Waals surface area contributed by atoms with Crippen LogP contribution in [0.25, 0.3) is 10.2 Å². The van der Waals surface area contributed by atoms with Crippen LogP contribution in [0.5, 0.6) is 5.75 Å². The summed E-state index contributed by atoms with van der Waals surface area (Å²) in [6, 6.07) is -4.85. The summed E-state index contributed by atoms with van der Waals surface area (Å²) < 4.78 is 167. The Kier molecular flexibility index (Phi) is 2.91. The average molecular weight is 437 g/mol. The van der Waals surface area contributed by atoms with E-state index in [9.17, 15) is 14.7 Å². The zero-order valence-electron chi connectivity index (χ0n) is 35.0. The van der Waals surface area contributed by atoms with Gasteiger partial charge in [0.25, 0.3) is 11.5 Å². The van der Waals surface area contributed by atoms with E-state index in [1.807, 2.05) is 0 Å². The monoisotopic (exact) mass is 436 g/mol. The molecule has 0 aliphatic carbocycles. The topological polar surface area (TPSA) is 77.4 Å². The largest absolute Gasteiger partial charge is 1.00 e. The Morgan fingerprint density at radius 2 is 2.30 bits per heavy atom. The van der Waals surface area contributed by atoms with Gasteiger partial charge in [-0.25, -0.2) is 0 Å². The van der Waals surface area contributed by atoms with Crippen LogP contribution in [0.2, 0.25) is 1.41 Å². The molecule has 0 spiro atoms. The minimum atomic E-state index is -3.89. The van der Waals surface area contributed by atoms with Crippen molar-refractivity contribution in [2.45, 2.75) is 45.3 Å². The molecule has 1 aliphatic heterocycles. The molecule has 27 heavy (non-hydrogen) atoms. The normalized spacial score (nSPS) is 38.3. The van der Waals surface area contributed by atoms with E-state index in [2.05, 4.69) is 0 Å². The number of likely N-dealkylation sites (tertiary alicyclic amines) is 1. The maximum Gasteiger partial charge on any atom is 1.00 e. The molecule has 142 valence electrons. The van der Waals surface area contributed by atoms with Crippen molar-refractivity contribution in [1.82, 2.24) is 14.8 Å². The number of aromatic nitrogens is 1. The number of amides is 1. The van der Waals surface area contributed by atoms with Crippen LogP contribution >= 0.6 is 11.3 Å². The first-order chi connectivity index (χ1) is 20.7. The molecule has 1 N–H and O–H groups in total. The van der Waals surface area contributed by atoms with Crippen LogP contribution in [0, 0.1) is 0 Å². The van der Waals surface area contributed by atoms with Gasteiger partial charge in [0.15, 0.2) is 1.41 Å². The Hall–Kier alpha value is -0.224. The number of thiophene rings is 1. The van der Waals surface area contributed by atoms with E-state index in [4.69, 9.17) is 28.8 Å². The summed E-state index contributed by atoms with van der Waals surface area (Å²) in [5, 5.41) is 11.3. The summed E-state index contributed by atoms with van der Waals surface area (Å²) in [5.41, 5.74) is -3.61. The molecule has 2 aromatic heterocycles. The number of carbonyl (C=O) groups is 1. The molecule has 2 aromatic rings. The average Bonchev–Trinajstić information content (AvgIpc) is 3.17. The number of hydrogen-bond acceptors (Lipinski definition) is 5. The fourth-order valence-corrected chi connectivity index (χ4v) is 2.88. The summed E-state index contributed by atoms with van der Waals surface area (Å²) in [5.74, 6) is -3.53. The van der Waals surface area contributed by atoms with Crippen molar-refractivity contribution < 1.29 is 90.1 Å². The third kappa shape index (κ3) is 5.23. The van der Waals surface area contributed by atoms with Gasteiger partial charge in [-0.05, 0) is 63.8 Å². The van der Waals surface area contributed by atoms with Gasteiger partial charge in [0.1, 0.15) is 4.83 Å². The van der Waals surface area contributed by atoms with Crippen LogP contribution in [0.15, 0.2) is 16.2 Å². The van der Waals surface area contributed by atoms with Crippen molar-refractivity contribution in [2.75, 3.05) is 26.1 Å².